The van der Waals surface area contributed by atoms with Crippen LogP contribution in [-0.2, 0) is 0 Å². The molecule has 6 heteroatoms. The molecule has 4 aromatic rings. The van der Waals surface area contributed by atoms with Crippen molar-refractivity contribution in [1.29, 1.82) is 0 Å². The molecule has 0 saturated carbocycles. The van der Waals surface area contributed by atoms with E-state index >= 15 is 0 Å². The van der Waals surface area contributed by atoms with E-state index in [1.165, 1.54) is 0 Å². The van der Waals surface area contributed by atoms with Gasteiger partial charge in [0.25, 0.3) is 0 Å². The second kappa shape index (κ2) is 7.29. The Kier molecular flexibility index (Phi) is 4.53. The number of nitrogens with zero attached hydrogens (tertiary/aromatic N) is 3. The van der Waals surface area contributed by atoms with E-state index in [1.807, 2.05) is 67.6 Å². The summed E-state index contributed by atoms with van der Waals surface area (Å²) in [5.41, 5.74) is 3.50. The van der Waals surface area contributed by atoms with Crippen LogP contribution in [0.15, 0.2) is 66.9 Å². The zero-order chi connectivity index (χ0) is 18.6. The van der Waals surface area contributed by atoms with E-state index in [9.17, 15) is 0 Å². The van der Waals surface area contributed by atoms with E-state index < -0.39 is 0 Å². The van der Waals surface area contributed by atoms with Crippen LogP contribution in [0.4, 0.5) is 23.1 Å². The molecule has 0 radical (unpaired) electrons. The summed E-state index contributed by atoms with van der Waals surface area (Å²) in [5.74, 6) is 2.00. The lowest BCUT2D eigenvalue weighted by Crippen LogP contribution is -2.03. The molecule has 0 aliphatic carbocycles. The second-order valence-corrected chi connectivity index (χ2v) is 6.08. The quantitative estimate of drug-likeness (QED) is 0.533. The van der Waals surface area contributed by atoms with Gasteiger partial charge >= 0.3 is 0 Å². The first-order valence-corrected chi connectivity index (χ1v) is 8.59. The molecule has 0 amide bonds. The molecule has 134 valence electrons. The standard InChI is InChI=1S/C21H19N5O/c1-14-12-19(24-16-8-4-9-17(13-16)27-2)26-21(23-14)25-18-10-3-6-15-7-5-11-22-20(15)18/h3-13H,1-2H3,(H2,23,24,25,26). The third kappa shape index (κ3) is 3.79. The number of aryl methyl sites for hydroxylation is 1. The van der Waals surface area contributed by atoms with Gasteiger partial charge < -0.3 is 15.4 Å². The van der Waals surface area contributed by atoms with Crippen molar-refractivity contribution in [3.8, 4) is 5.75 Å². The summed E-state index contributed by atoms with van der Waals surface area (Å²) in [6.07, 6.45) is 1.78. The predicted octanol–water partition coefficient (Wildman–Crippen LogP) is 4.83. The van der Waals surface area contributed by atoms with Crippen LogP contribution >= 0.6 is 0 Å². The van der Waals surface area contributed by atoms with Crippen LogP contribution in [0.25, 0.3) is 10.9 Å². The molecular weight excluding hydrogens is 338 g/mol. The van der Waals surface area contributed by atoms with Crippen molar-refractivity contribution in [1.82, 2.24) is 15.0 Å². The van der Waals surface area contributed by atoms with Gasteiger partial charge in [-0.25, -0.2) is 4.98 Å². The van der Waals surface area contributed by atoms with E-state index in [0.29, 0.717) is 11.8 Å². The molecule has 27 heavy (non-hydrogen) atoms. The van der Waals surface area contributed by atoms with Crippen molar-refractivity contribution in [3.63, 3.8) is 0 Å². The van der Waals surface area contributed by atoms with E-state index in [2.05, 4.69) is 25.6 Å². The highest BCUT2D eigenvalue weighted by Gasteiger charge is 2.07. The Balaban J connectivity index is 1.64. The van der Waals surface area contributed by atoms with Gasteiger partial charge in [0.05, 0.1) is 18.3 Å². The molecule has 0 aliphatic rings. The van der Waals surface area contributed by atoms with Crippen LogP contribution in [0.5, 0.6) is 5.75 Å². The SMILES string of the molecule is COc1cccc(Nc2cc(C)nc(Nc3cccc4cccnc34)n2)c1. The van der Waals surface area contributed by atoms with Crippen molar-refractivity contribution >= 4 is 34.0 Å². The highest BCUT2D eigenvalue weighted by Crippen LogP contribution is 2.25. The van der Waals surface area contributed by atoms with E-state index in [4.69, 9.17) is 4.74 Å². The fourth-order valence-electron chi connectivity index (χ4n) is 2.86. The van der Waals surface area contributed by atoms with Crippen molar-refractivity contribution in [2.45, 2.75) is 6.92 Å². The largest absolute Gasteiger partial charge is 0.497 e. The van der Waals surface area contributed by atoms with Crippen molar-refractivity contribution < 1.29 is 4.74 Å². The van der Waals surface area contributed by atoms with E-state index in [0.717, 1.165) is 33.7 Å². The lowest BCUT2D eigenvalue weighted by atomic mass is 10.2. The number of rotatable bonds is 5. The van der Waals surface area contributed by atoms with Crippen LogP contribution in [0.2, 0.25) is 0 Å². The fraction of sp³-hybridized carbons (Fsp3) is 0.0952. The number of ether oxygens (including phenoxy) is 1. The number of hydrogen-bond acceptors (Lipinski definition) is 6. The number of para-hydroxylation sites is 1. The van der Waals surface area contributed by atoms with Crippen LogP contribution in [0.1, 0.15) is 5.69 Å². The third-order valence-corrected chi connectivity index (χ3v) is 4.08. The fourth-order valence-corrected chi connectivity index (χ4v) is 2.86. The number of nitrogens with one attached hydrogen (secondary N) is 2. The molecule has 2 aromatic carbocycles. The van der Waals surface area contributed by atoms with Gasteiger partial charge in [0.1, 0.15) is 11.6 Å². The minimum Gasteiger partial charge on any atom is -0.497 e. The molecule has 0 fully saturated rings. The lowest BCUT2D eigenvalue weighted by molar-refractivity contribution is 0.415. The summed E-state index contributed by atoms with van der Waals surface area (Å²) < 4.78 is 5.27. The first kappa shape index (κ1) is 16.8. The Morgan fingerprint density at radius 1 is 0.889 bits per heavy atom. The second-order valence-electron chi connectivity index (χ2n) is 6.08. The minimum absolute atomic E-state index is 0.513. The Hall–Kier alpha value is -3.67. The molecule has 0 aliphatic heterocycles. The van der Waals surface area contributed by atoms with Gasteiger partial charge in [-0.2, -0.15) is 4.98 Å². The topological polar surface area (TPSA) is 72.0 Å². The van der Waals surface area contributed by atoms with E-state index in [-0.39, 0.29) is 0 Å². The maximum Gasteiger partial charge on any atom is 0.229 e. The number of anilines is 4. The first-order chi connectivity index (χ1) is 13.2. The molecule has 4 rings (SSSR count). The summed E-state index contributed by atoms with van der Waals surface area (Å²) in [6.45, 7) is 1.94. The summed E-state index contributed by atoms with van der Waals surface area (Å²) in [7, 11) is 1.65. The molecule has 0 atom stereocenters. The highest BCUT2D eigenvalue weighted by molar-refractivity contribution is 5.91. The average Bonchev–Trinajstić information content (AvgIpc) is 2.68. The number of benzene rings is 2. The number of pyridine rings is 1. The van der Waals surface area contributed by atoms with E-state index in [1.54, 1.807) is 13.3 Å². The molecule has 6 nitrogen and oxygen atoms in total. The van der Waals surface area contributed by atoms with Gasteiger partial charge in [-0.15, -0.1) is 0 Å². The molecule has 0 saturated heterocycles. The molecule has 2 N–H and O–H groups in total. The zero-order valence-corrected chi connectivity index (χ0v) is 15.1. The monoisotopic (exact) mass is 357 g/mol. The Labute approximate surface area is 157 Å². The Morgan fingerprint density at radius 2 is 1.74 bits per heavy atom. The summed E-state index contributed by atoms with van der Waals surface area (Å²) >= 11 is 0. The third-order valence-electron chi connectivity index (χ3n) is 4.08. The molecular formula is C21H19N5O. The smallest absolute Gasteiger partial charge is 0.229 e. The Morgan fingerprint density at radius 3 is 2.63 bits per heavy atom. The normalized spacial score (nSPS) is 10.6. The maximum absolute atomic E-state index is 5.27. The number of methoxy groups -OCH3 is 1. The van der Waals surface area contributed by atoms with Crippen LogP contribution in [-0.4, -0.2) is 22.1 Å². The average molecular weight is 357 g/mol. The van der Waals surface area contributed by atoms with Crippen LogP contribution in [0.3, 0.4) is 0 Å². The number of aromatic nitrogens is 3. The number of hydrogen-bond donors (Lipinski definition) is 2. The van der Waals surface area contributed by atoms with Crippen molar-refractivity contribution in [3.05, 3.63) is 72.6 Å². The predicted molar refractivity (Wildman–Crippen MR) is 108 cm³/mol. The van der Waals surface area contributed by atoms with Crippen molar-refractivity contribution in [2.75, 3.05) is 17.7 Å². The van der Waals surface area contributed by atoms with Gasteiger partial charge in [-0.05, 0) is 31.2 Å². The molecule has 0 bridgehead atoms. The zero-order valence-electron chi connectivity index (χ0n) is 15.1. The van der Waals surface area contributed by atoms with Crippen LogP contribution < -0.4 is 15.4 Å². The molecule has 0 spiro atoms. The summed E-state index contributed by atoms with van der Waals surface area (Å²) in [5, 5.41) is 7.64. The van der Waals surface area contributed by atoms with Gasteiger partial charge in [0.2, 0.25) is 5.95 Å². The summed E-state index contributed by atoms with van der Waals surface area (Å²) in [6, 6.07) is 19.5. The Bertz CT molecular complexity index is 1090. The van der Waals surface area contributed by atoms with Gasteiger partial charge in [-0.3, -0.25) is 4.98 Å². The lowest BCUT2D eigenvalue weighted by Gasteiger charge is -2.11. The minimum atomic E-state index is 0.513. The van der Waals surface area contributed by atoms with Crippen LogP contribution in [0, 0.1) is 6.92 Å². The maximum atomic E-state index is 5.27. The van der Waals surface area contributed by atoms with Gasteiger partial charge in [0.15, 0.2) is 0 Å². The first-order valence-electron chi connectivity index (χ1n) is 8.59. The number of fused-ring (bicyclic) bond motifs is 1. The molecule has 0 unspecified atom stereocenters. The van der Waals surface area contributed by atoms with Gasteiger partial charge in [-0.1, -0.05) is 24.3 Å². The van der Waals surface area contributed by atoms with Gasteiger partial charge in [0, 0.05) is 35.1 Å². The highest BCUT2D eigenvalue weighted by atomic mass is 16.5. The molecule has 2 heterocycles. The molecule has 2 aromatic heterocycles. The summed E-state index contributed by atoms with van der Waals surface area (Å²) in [4.78, 5) is 13.5. The van der Waals surface area contributed by atoms with Crippen molar-refractivity contribution in [2.24, 2.45) is 0 Å².